The lowest BCUT2D eigenvalue weighted by molar-refractivity contribution is -0.760. The number of nitrogens with two attached hydrogens (primary N) is 1. The van der Waals surface area contributed by atoms with Gasteiger partial charge in [0, 0.05) is 18.5 Å². The van der Waals surface area contributed by atoms with E-state index in [0.717, 1.165) is 25.1 Å². The molecule has 0 spiro atoms. The maximum absolute atomic E-state index is 11.8. The first kappa shape index (κ1) is 16.0. The van der Waals surface area contributed by atoms with Gasteiger partial charge in [0.05, 0.1) is 12.7 Å². The second kappa shape index (κ2) is 6.15. The molecule has 1 aliphatic rings. The predicted molar refractivity (Wildman–Crippen MR) is 80.9 cm³/mol. The predicted octanol–water partition coefficient (Wildman–Crippen LogP) is 0.206. The SMILES string of the molecule is C[C@H]1CC[C@@H](C(=O)CN)CN1c1c[nH][n+](CC(C)(C)O)c1. The van der Waals surface area contributed by atoms with Crippen LogP contribution in [0, 0.1) is 5.92 Å². The molecule has 6 nitrogen and oxygen atoms in total. The van der Waals surface area contributed by atoms with Crippen LogP contribution in [0.3, 0.4) is 0 Å². The van der Waals surface area contributed by atoms with Gasteiger partial charge in [-0.05, 0) is 33.6 Å². The number of nitrogens with one attached hydrogen (secondary N) is 1. The molecule has 0 saturated carbocycles. The Bertz CT molecular complexity index is 492. The molecular weight excluding hydrogens is 268 g/mol. The summed E-state index contributed by atoms with van der Waals surface area (Å²) >= 11 is 0. The molecule has 6 heteroatoms. The quantitative estimate of drug-likeness (QED) is 0.678. The molecule has 1 aromatic heterocycles. The standard InChI is InChI=1S/C15H26N4O2/c1-11-4-5-12(14(20)6-16)8-19(11)13-7-17-18(9-13)10-15(2,3)21/h7,9,11-12,21H,4-6,8,10,16H2,1-3H3/p+1/t11-,12+/m0/s1. The van der Waals surface area contributed by atoms with Crippen molar-refractivity contribution in [3.05, 3.63) is 12.4 Å². The Labute approximate surface area is 125 Å². The van der Waals surface area contributed by atoms with Gasteiger partial charge in [0.2, 0.25) is 6.20 Å². The number of carbonyl (C=O) groups excluding carboxylic acids is 1. The van der Waals surface area contributed by atoms with E-state index in [1.54, 1.807) is 13.8 Å². The molecule has 1 aromatic rings. The zero-order valence-corrected chi connectivity index (χ0v) is 13.2. The topological polar surface area (TPSA) is 86.2 Å². The van der Waals surface area contributed by atoms with Crippen LogP contribution in [0.2, 0.25) is 0 Å². The summed E-state index contributed by atoms with van der Waals surface area (Å²) < 4.78 is 1.87. The van der Waals surface area contributed by atoms with Crippen LogP contribution in [0.4, 0.5) is 5.69 Å². The van der Waals surface area contributed by atoms with Crippen LogP contribution in [-0.4, -0.2) is 40.7 Å². The molecule has 1 saturated heterocycles. The number of nitrogens with zero attached hydrogens (tertiary/aromatic N) is 2. The van der Waals surface area contributed by atoms with Crippen LogP contribution >= 0.6 is 0 Å². The largest absolute Gasteiger partial charge is 0.384 e. The van der Waals surface area contributed by atoms with Crippen molar-refractivity contribution in [3.63, 3.8) is 0 Å². The highest BCUT2D eigenvalue weighted by Crippen LogP contribution is 2.27. The Morgan fingerprint density at radius 1 is 1.57 bits per heavy atom. The van der Waals surface area contributed by atoms with Gasteiger partial charge in [-0.25, -0.2) is 0 Å². The highest BCUT2D eigenvalue weighted by Gasteiger charge is 2.31. The molecule has 0 unspecified atom stereocenters. The molecule has 0 radical (unpaired) electrons. The highest BCUT2D eigenvalue weighted by atomic mass is 16.3. The van der Waals surface area contributed by atoms with Gasteiger partial charge in [-0.15, -0.1) is 4.68 Å². The minimum absolute atomic E-state index is 0.0313. The van der Waals surface area contributed by atoms with Gasteiger partial charge in [0.25, 0.3) is 0 Å². The number of aromatic nitrogens is 2. The van der Waals surface area contributed by atoms with Gasteiger partial charge < -0.3 is 15.7 Å². The third-order valence-electron chi connectivity index (χ3n) is 4.09. The van der Waals surface area contributed by atoms with Crippen LogP contribution in [-0.2, 0) is 11.3 Å². The first-order chi connectivity index (χ1) is 9.80. The molecule has 21 heavy (non-hydrogen) atoms. The average Bonchev–Trinajstić information content (AvgIpc) is 2.84. The van der Waals surface area contributed by atoms with Crippen LogP contribution in [0.1, 0.15) is 33.6 Å². The van der Waals surface area contributed by atoms with E-state index in [1.807, 2.05) is 17.1 Å². The van der Waals surface area contributed by atoms with Gasteiger partial charge in [-0.1, -0.05) is 0 Å². The maximum atomic E-state index is 11.8. The fourth-order valence-electron chi connectivity index (χ4n) is 2.94. The summed E-state index contributed by atoms with van der Waals surface area (Å²) in [6.45, 7) is 7.08. The van der Waals surface area contributed by atoms with Crippen molar-refractivity contribution < 1.29 is 14.6 Å². The number of rotatable bonds is 5. The van der Waals surface area contributed by atoms with E-state index < -0.39 is 5.60 Å². The Morgan fingerprint density at radius 3 is 2.90 bits per heavy atom. The minimum atomic E-state index is -0.766. The van der Waals surface area contributed by atoms with Crippen LogP contribution in [0.25, 0.3) is 0 Å². The van der Waals surface area contributed by atoms with E-state index in [0.29, 0.717) is 12.6 Å². The van der Waals surface area contributed by atoms with E-state index in [2.05, 4.69) is 16.9 Å². The van der Waals surface area contributed by atoms with Crippen LogP contribution in [0.5, 0.6) is 0 Å². The van der Waals surface area contributed by atoms with Crippen LogP contribution < -0.4 is 15.3 Å². The molecule has 0 aromatic carbocycles. The summed E-state index contributed by atoms with van der Waals surface area (Å²) in [6, 6.07) is 0.401. The first-order valence-corrected chi connectivity index (χ1v) is 7.60. The normalized spacial score (nSPS) is 23.4. The fraction of sp³-hybridized carbons (Fsp3) is 0.733. The molecule has 0 aliphatic carbocycles. The summed E-state index contributed by atoms with van der Waals surface area (Å²) in [6.07, 6.45) is 5.83. The Balaban J connectivity index is 2.10. The summed E-state index contributed by atoms with van der Waals surface area (Å²) in [5, 5.41) is 13.0. The maximum Gasteiger partial charge on any atom is 0.218 e. The van der Waals surface area contributed by atoms with Crippen molar-refractivity contribution in [2.75, 3.05) is 18.0 Å². The van der Waals surface area contributed by atoms with E-state index in [-0.39, 0.29) is 18.2 Å². The third-order valence-corrected chi connectivity index (χ3v) is 4.09. The number of piperidine rings is 1. The number of aromatic amines is 1. The number of anilines is 1. The molecule has 2 atom stereocenters. The summed E-state index contributed by atoms with van der Waals surface area (Å²) in [5.74, 6) is 0.177. The number of aliphatic hydroxyl groups is 1. The first-order valence-electron chi connectivity index (χ1n) is 7.60. The number of hydrogen-bond acceptors (Lipinski definition) is 4. The second-order valence-corrected chi connectivity index (χ2v) is 6.71. The number of Topliss-reactive ketones (excluding diaryl/α,β-unsaturated/α-hetero) is 1. The molecule has 0 bridgehead atoms. The van der Waals surface area contributed by atoms with Crippen molar-refractivity contribution in [2.45, 2.75) is 51.8 Å². The smallest absolute Gasteiger partial charge is 0.218 e. The number of carbonyl (C=O) groups is 1. The Kier molecular flexibility index (Phi) is 4.68. The van der Waals surface area contributed by atoms with E-state index in [4.69, 9.17) is 5.73 Å². The fourth-order valence-corrected chi connectivity index (χ4v) is 2.94. The summed E-state index contributed by atoms with van der Waals surface area (Å²) in [4.78, 5) is 14.1. The van der Waals surface area contributed by atoms with Crippen molar-refractivity contribution in [2.24, 2.45) is 11.7 Å². The molecule has 118 valence electrons. The van der Waals surface area contributed by atoms with Gasteiger partial charge in [-0.3, -0.25) is 4.79 Å². The van der Waals surface area contributed by atoms with Crippen LogP contribution in [0.15, 0.2) is 12.4 Å². The number of H-pyrrole nitrogens is 1. The van der Waals surface area contributed by atoms with Gasteiger partial charge in [0.15, 0.2) is 12.3 Å². The van der Waals surface area contributed by atoms with Crippen molar-refractivity contribution >= 4 is 11.5 Å². The lowest BCUT2D eigenvalue weighted by Crippen LogP contribution is -2.47. The number of ketones is 1. The van der Waals surface area contributed by atoms with E-state index >= 15 is 0 Å². The third kappa shape index (κ3) is 4.04. The Morgan fingerprint density at radius 2 is 2.29 bits per heavy atom. The lowest BCUT2D eigenvalue weighted by atomic mass is 9.90. The molecule has 2 heterocycles. The second-order valence-electron chi connectivity index (χ2n) is 6.71. The highest BCUT2D eigenvalue weighted by molar-refractivity contribution is 5.83. The molecular formula is C15H27N4O2+. The zero-order chi connectivity index (χ0) is 15.6. The van der Waals surface area contributed by atoms with Gasteiger partial charge in [0.1, 0.15) is 11.3 Å². The minimum Gasteiger partial charge on any atom is -0.384 e. The van der Waals surface area contributed by atoms with Gasteiger partial charge >= 0.3 is 0 Å². The molecule has 1 fully saturated rings. The Hall–Kier alpha value is -1.40. The van der Waals surface area contributed by atoms with E-state index in [1.165, 1.54) is 0 Å². The average molecular weight is 295 g/mol. The van der Waals surface area contributed by atoms with Crippen molar-refractivity contribution in [3.8, 4) is 0 Å². The molecule has 0 amide bonds. The molecule has 1 aliphatic heterocycles. The van der Waals surface area contributed by atoms with Crippen molar-refractivity contribution in [1.29, 1.82) is 0 Å². The monoisotopic (exact) mass is 295 g/mol. The number of hydrogen-bond donors (Lipinski definition) is 3. The summed E-state index contributed by atoms with van der Waals surface area (Å²) in [5.41, 5.74) is 5.78. The zero-order valence-electron chi connectivity index (χ0n) is 13.2. The lowest BCUT2D eigenvalue weighted by Gasteiger charge is -2.37. The van der Waals surface area contributed by atoms with Gasteiger partial charge in [-0.2, -0.15) is 5.10 Å². The summed E-state index contributed by atoms with van der Waals surface area (Å²) in [7, 11) is 0. The molecule has 4 N–H and O–H groups in total. The van der Waals surface area contributed by atoms with Crippen molar-refractivity contribution in [1.82, 2.24) is 5.10 Å². The van der Waals surface area contributed by atoms with E-state index in [9.17, 15) is 9.90 Å². The molecule has 2 rings (SSSR count).